The van der Waals surface area contributed by atoms with E-state index in [1.807, 2.05) is 7.05 Å². The molecule has 5 rings (SSSR count). The molecule has 0 radical (unpaired) electrons. The standard InChI is InChI=1S/C63H97N9O29S6/c1-47(73)48-39-53(94-25-6-4-17-50-45-71(69-67-50)23-9-21-65-61(74)49-41-55(96-27-11-33-102(76,77)78)59(100-31-15-37-106(88,89)90)56(42-49)97-28-12-34-103(79,80)81)52(19-8-20-64-3)54(40-48)95-26-7-5-18-51-46-72(70-68-51)24-10-22-66-62(75)63(2)43-57(98-29-13-35-104(82,83)84)60(101-32-16-38-107(91,92)93)58(44-63)99-30-14-36-105(85,86)87/h39-43,45-46,64H,4-38,44H2,1-3H3,(H,65,74)(H,66,75)(H,76,77,78)(H,79,80,81)(H,82,83,84)(H,85,86,87)(H,88,89,90)(H,91,92,93). The number of hydrogen-bond donors (Lipinski definition) is 9. The molecule has 107 heavy (non-hydrogen) atoms. The Morgan fingerprint density at radius 2 is 0.850 bits per heavy atom. The van der Waals surface area contributed by atoms with Gasteiger partial charge in [-0.25, -0.2) is 0 Å². The van der Waals surface area contributed by atoms with Gasteiger partial charge >= 0.3 is 0 Å². The van der Waals surface area contributed by atoms with Gasteiger partial charge in [0.15, 0.2) is 28.8 Å². The number of hydrogen-bond acceptors (Lipinski definition) is 28. The van der Waals surface area contributed by atoms with E-state index in [2.05, 4.69) is 36.6 Å². The van der Waals surface area contributed by atoms with Crippen molar-refractivity contribution in [1.82, 2.24) is 45.9 Å². The SMILES string of the molecule is CNCCCc1c(OCCCCc2cn(CCCNC(=O)c3cc(OCCCS(=O)(=O)O)c(OCCCS(=O)(=O)O)c(OCCCS(=O)(=O)O)c3)nn2)cc(C(C)=O)cc1OCCCCc1cn(CCCNC(=O)C2(C)C=C(OCCCS(=O)(=O)O)C(OCCCS(=O)(=O)O)=C(OCCCS(=O)(=O)O)C2)nn1. The number of carbonyl (C=O) groups is 3. The largest absolute Gasteiger partial charge is 0.494 e. The number of carbonyl (C=O) groups excluding carboxylic acids is 3. The number of unbranched alkanes of at least 4 members (excludes halogenated alkanes) is 2. The normalized spacial score (nSPS) is 14.5. The molecular formula is C63H97N9O29S6. The Morgan fingerprint density at radius 3 is 1.29 bits per heavy atom. The summed E-state index contributed by atoms with van der Waals surface area (Å²) in [4.78, 5) is 40.3. The van der Waals surface area contributed by atoms with Crippen molar-refractivity contribution >= 4 is 78.3 Å². The van der Waals surface area contributed by atoms with Gasteiger partial charge in [-0.3, -0.25) is 51.1 Å². The average molecular weight is 1640 g/mol. The monoisotopic (exact) mass is 1640 g/mol. The van der Waals surface area contributed by atoms with E-state index in [9.17, 15) is 92.2 Å². The highest BCUT2D eigenvalue weighted by molar-refractivity contribution is 7.86. The van der Waals surface area contributed by atoms with Crippen LogP contribution in [0.4, 0.5) is 0 Å². The lowest BCUT2D eigenvalue weighted by atomic mass is 9.80. The summed E-state index contributed by atoms with van der Waals surface area (Å²) in [7, 11) is -24.3. The van der Waals surface area contributed by atoms with E-state index < -0.39 is 112 Å². The Hall–Kier alpha value is -7.37. The van der Waals surface area contributed by atoms with Crippen LogP contribution in [-0.4, -0.2) is 239 Å². The van der Waals surface area contributed by atoms with Crippen LogP contribution >= 0.6 is 0 Å². The van der Waals surface area contributed by atoms with Gasteiger partial charge < -0.3 is 53.8 Å². The second-order valence-electron chi connectivity index (χ2n) is 25.1. The first-order valence-electron chi connectivity index (χ1n) is 34.3. The fourth-order valence-corrected chi connectivity index (χ4v) is 13.2. The molecule has 2 aromatic carbocycles. The van der Waals surface area contributed by atoms with Gasteiger partial charge in [0.25, 0.3) is 66.6 Å². The number of allylic oxidation sites excluding steroid dienone is 1. The van der Waals surface area contributed by atoms with E-state index in [-0.39, 0.29) is 144 Å². The molecule has 4 aromatic rings. The summed E-state index contributed by atoms with van der Waals surface area (Å²) >= 11 is 0. The van der Waals surface area contributed by atoms with Crippen LogP contribution in [0.2, 0.25) is 0 Å². The molecule has 1 aliphatic rings. The number of Topliss-reactive ketones (excluding diaryl/α,β-unsaturated/α-hetero) is 1. The molecule has 2 aromatic heterocycles. The zero-order valence-corrected chi connectivity index (χ0v) is 64.6. The first-order valence-corrected chi connectivity index (χ1v) is 44.0. The lowest BCUT2D eigenvalue weighted by Crippen LogP contribution is -2.41. The van der Waals surface area contributed by atoms with Gasteiger partial charge in [0.2, 0.25) is 11.7 Å². The number of ether oxygens (including phenoxy) is 8. The lowest BCUT2D eigenvalue weighted by molar-refractivity contribution is -0.128. The molecule has 2 amide bonds. The van der Waals surface area contributed by atoms with Crippen molar-refractivity contribution in [2.45, 2.75) is 136 Å². The van der Waals surface area contributed by atoms with E-state index in [1.165, 1.54) is 25.1 Å². The highest BCUT2D eigenvalue weighted by Gasteiger charge is 2.40. The first kappa shape index (κ1) is 90.2. The second kappa shape index (κ2) is 43.7. The first-order chi connectivity index (χ1) is 50.3. The van der Waals surface area contributed by atoms with E-state index >= 15 is 0 Å². The van der Waals surface area contributed by atoms with Crippen LogP contribution in [0.5, 0.6) is 28.7 Å². The highest BCUT2D eigenvalue weighted by Crippen LogP contribution is 2.42. The van der Waals surface area contributed by atoms with Crippen molar-refractivity contribution in [3.05, 3.63) is 88.1 Å². The molecule has 1 unspecified atom stereocenters. The predicted molar refractivity (Wildman–Crippen MR) is 385 cm³/mol. The molecule has 0 bridgehead atoms. The quantitative estimate of drug-likeness (QED) is 0.0173. The molecule has 2 heterocycles. The minimum Gasteiger partial charge on any atom is -0.494 e. The number of ketones is 1. The Bertz CT molecular complexity index is 4280. The molecule has 1 atom stereocenters. The third-order valence-corrected chi connectivity index (χ3v) is 20.4. The predicted octanol–water partition coefficient (Wildman–Crippen LogP) is 3.71. The van der Waals surface area contributed by atoms with Gasteiger partial charge in [0.1, 0.15) is 17.3 Å². The molecule has 0 spiro atoms. The molecule has 0 saturated heterocycles. The van der Waals surface area contributed by atoms with Crippen LogP contribution in [-0.2, 0) is 112 Å². The number of aromatic nitrogens is 6. The van der Waals surface area contributed by atoms with E-state index in [4.69, 9.17) is 37.9 Å². The van der Waals surface area contributed by atoms with E-state index in [0.29, 0.717) is 119 Å². The maximum absolute atomic E-state index is 13.9. The number of nitrogens with one attached hydrogen (secondary N) is 3. The van der Waals surface area contributed by atoms with Gasteiger partial charge in [0, 0.05) is 61.7 Å². The molecule has 44 heteroatoms. The van der Waals surface area contributed by atoms with E-state index in [0.717, 1.165) is 12.0 Å². The van der Waals surface area contributed by atoms with Crippen molar-refractivity contribution in [3.8, 4) is 28.7 Å². The maximum atomic E-state index is 13.9. The smallest absolute Gasteiger partial charge is 0.264 e. The Labute approximate surface area is 623 Å². The molecule has 0 aliphatic heterocycles. The topological polar surface area (TPSA) is 549 Å². The highest BCUT2D eigenvalue weighted by atomic mass is 32.2. The Kier molecular flexibility index (Phi) is 36.9. The molecular weight excluding hydrogens is 1540 g/mol. The Balaban J connectivity index is 1.11. The van der Waals surface area contributed by atoms with Crippen LogP contribution in [0.15, 0.2) is 60.0 Å². The Morgan fingerprint density at radius 1 is 0.458 bits per heavy atom. The fourth-order valence-electron chi connectivity index (χ4n) is 10.3. The summed E-state index contributed by atoms with van der Waals surface area (Å²) in [5.74, 6) is -4.84. The van der Waals surface area contributed by atoms with Gasteiger partial charge in [-0.2, -0.15) is 50.5 Å². The van der Waals surface area contributed by atoms with E-state index in [1.54, 1.807) is 40.8 Å². The van der Waals surface area contributed by atoms with Crippen LogP contribution in [0.25, 0.3) is 0 Å². The number of nitrogens with zero attached hydrogens (tertiary/aromatic N) is 6. The zero-order valence-electron chi connectivity index (χ0n) is 59.7. The summed E-state index contributed by atoms with van der Waals surface area (Å²) in [5.41, 5.74) is 1.22. The van der Waals surface area contributed by atoms with Crippen molar-refractivity contribution in [3.63, 3.8) is 0 Å². The van der Waals surface area contributed by atoms with Crippen molar-refractivity contribution in [2.75, 3.05) is 114 Å². The van der Waals surface area contributed by atoms with Crippen molar-refractivity contribution in [1.29, 1.82) is 0 Å². The number of aryl methyl sites for hydroxylation is 4. The van der Waals surface area contributed by atoms with Gasteiger partial charge in [-0.15, -0.1) is 10.2 Å². The third-order valence-electron chi connectivity index (χ3n) is 15.5. The molecule has 0 fully saturated rings. The molecule has 9 N–H and O–H groups in total. The summed E-state index contributed by atoms with van der Waals surface area (Å²) in [5, 5.41) is 25.9. The molecule has 0 saturated carbocycles. The number of benzene rings is 2. The minimum atomic E-state index is -4.36. The van der Waals surface area contributed by atoms with Gasteiger partial charge in [0.05, 0.1) is 104 Å². The van der Waals surface area contributed by atoms with Crippen molar-refractivity contribution in [2.24, 2.45) is 5.41 Å². The molecule has 604 valence electrons. The maximum Gasteiger partial charge on any atom is 0.264 e. The van der Waals surface area contributed by atoms with Crippen LogP contribution in [0.1, 0.15) is 141 Å². The van der Waals surface area contributed by atoms with Crippen LogP contribution < -0.4 is 39.6 Å². The van der Waals surface area contributed by atoms with Gasteiger partial charge in [-0.1, -0.05) is 10.4 Å². The fraction of sp³-hybridized carbons (Fsp3) is 0.635. The third kappa shape index (κ3) is 37.1. The zero-order chi connectivity index (χ0) is 78.9. The summed E-state index contributed by atoms with van der Waals surface area (Å²) in [6.07, 6.45) is 9.53. The minimum absolute atomic E-state index is 0.00160. The second-order valence-corrected chi connectivity index (χ2v) is 34.5. The van der Waals surface area contributed by atoms with Gasteiger partial charge in [-0.05, 0) is 161 Å². The van der Waals surface area contributed by atoms with Crippen molar-refractivity contribution < 1.29 is 130 Å². The molecule has 38 nitrogen and oxygen atoms in total. The lowest BCUT2D eigenvalue weighted by Gasteiger charge is -2.33. The summed E-state index contributed by atoms with van der Waals surface area (Å²) in [6, 6.07) is 5.98. The number of rotatable bonds is 57. The van der Waals surface area contributed by atoms with Crippen LogP contribution in [0, 0.1) is 5.41 Å². The molecule has 1 aliphatic carbocycles. The number of amides is 2. The summed E-state index contributed by atoms with van der Waals surface area (Å²) < 4.78 is 243. The summed E-state index contributed by atoms with van der Waals surface area (Å²) in [6.45, 7) is 3.58. The van der Waals surface area contributed by atoms with Crippen LogP contribution in [0.3, 0.4) is 0 Å². The average Bonchev–Trinajstić information content (AvgIpc) is 0.979.